The second-order valence-electron chi connectivity index (χ2n) is 8.54. The summed E-state index contributed by atoms with van der Waals surface area (Å²) in [5.41, 5.74) is 8.25. The van der Waals surface area contributed by atoms with Crippen LogP contribution in [-0.4, -0.2) is 42.8 Å². The SMILES string of the molecule is CN/C=C\C(=N)c1ccc(Cc2cc3c(c(C)c2C)CN(C[C@@H]2CCCO2)C3=O)cc1. The van der Waals surface area contributed by atoms with Gasteiger partial charge in [-0.1, -0.05) is 24.3 Å². The molecule has 162 valence electrons. The zero-order valence-corrected chi connectivity index (χ0v) is 18.6. The molecule has 0 saturated carbocycles. The van der Waals surface area contributed by atoms with Crippen molar-refractivity contribution in [1.82, 2.24) is 10.2 Å². The van der Waals surface area contributed by atoms with Crippen LogP contribution < -0.4 is 5.32 Å². The van der Waals surface area contributed by atoms with Crippen molar-refractivity contribution in [1.29, 1.82) is 5.41 Å². The van der Waals surface area contributed by atoms with Crippen LogP contribution in [0.5, 0.6) is 0 Å². The van der Waals surface area contributed by atoms with Gasteiger partial charge in [0.15, 0.2) is 0 Å². The number of rotatable bonds is 7. The Morgan fingerprint density at radius 1 is 1.26 bits per heavy atom. The molecule has 1 amide bonds. The summed E-state index contributed by atoms with van der Waals surface area (Å²) in [4.78, 5) is 15.0. The first kappa shape index (κ1) is 21.3. The molecule has 2 aromatic rings. The number of ether oxygens (including phenoxy) is 1. The number of allylic oxidation sites excluding steroid dienone is 1. The van der Waals surface area contributed by atoms with Gasteiger partial charge in [-0.15, -0.1) is 0 Å². The molecule has 1 saturated heterocycles. The van der Waals surface area contributed by atoms with Gasteiger partial charge in [0.1, 0.15) is 0 Å². The molecule has 1 fully saturated rings. The van der Waals surface area contributed by atoms with E-state index in [1.807, 2.05) is 24.1 Å². The van der Waals surface area contributed by atoms with Crippen molar-refractivity contribution in [2.75, 3.05) is 20.2 Å². The minimum Gasteiger partial charge on any atom is -0.394 e. The van der Waals surface area contributed by atoms with Gasteiger partial charge in [-0.25, -0.2) is 0 Å². The fourth-order valence-corrected chi connectivity index (χ4v) is 4.52. The number of benzene rings is 2. The van der Waals surface area contributed by atoms with E-state index in [1.54, 1.807) is 12.3 Å². The molecule has 2 aliphatic heterocycles. The van der Waals surface area contributed by atoms with Crippen LogP contribution in [0.3, 0.4) is 0 Å². The van der Waals surface area contributed by atoms with Crippen LogP contribution in [0, 0.1) is 19.3 Å². The van der Waals surface area contributed by atoms with Crippen molar-refractivity contribution in [3.05, 3.63) is 81.6 Å². The van der Waals surface area contributed by atoms with Gasteiger partial charge < -0.3 is 20.4 Å². The van der Waals surface area contributed by atoms with Crippen LogP contribution in [0.4, 0.5) is 0 Å². The van der Waals surface area contributed by atoms with Crippen LogP contribution >= 0.6 is 0 Å². The Kier molecular flexibility index (Phi) is 6.23. The smallest absolute Gasteiger partial charge is 0.254 e. The number of amides is 1. The minimum absolute atomic E-state index is 0.134. The van der Waals surface area contributed by atoms with E-state index >= 15 is 0 Å². The highest BCUT2D eigenvalue weighted by Gasteiger charge is 2.32. The highest BCUT2D eigenvalue weighted by molar-refractivity contribution is 6.06. The molecule has 0 spiro atoms. The summed E-state index contributed by atoms with van der Waals surface area (Å²) in [6.07, 6.45) is 6.59. The van der Waals surface area contributed by atoms with Crippen LogP contribution in [-0.2, 0) is 17.7 Å². The van der Waals surface area contributed by atoms with E-state index in [1.165, 1.54) is 27.8 Å². The molecule has 31 heavy (non-hydrogen) atoms. The second-order valence-corrected chi connectivity index (χ2v) is 8.54. The van der Waals surface area contributed by atoms with Crippen molar-refractivity contribution in [2.45, 2.75) is 45.8 Å². The van der Waals surface area contributed by atoms with Crippen LogP contribution in [0.25, 0.3) is 0 Å². The van der Waals surface area contributed by atoms with Gasteiger partial charge in [0.2, 0.25) is 0 Å². The Balaban J connectivity index is 1.52. The van der Waals surface area contributed by atoms with Crippen molar-refractivity contribution in [3.8, 4) is 0 Å². The van der Waals surface area contributed by atoms with E-state index in [2.05, 4.69) is 37.4 Å². The maximum absolute atomic E-state index is 13.1. The molecule has 0 aliphatic carbocycles. The molecule has 0 aromatic heterocycles. The van der Waals surface area contributed by atoms with Gasteiger partial charge in [-0.3, -0.25) is 4.79 Å². The van der Waals surface area contributed by atoms with Gasteiger partial charge >= 0.3 is 0 Å². The van der Waals surface area contributed by atoms with E-state index in [0.29, 0.717) is 18.8 Å². The molecule has 0 unspecified atom stereocenters. The molecule has 2 aliphatic rings. The lowest BCUT2D eigenvalue weighted by atomic mass is 9.91. The van der Waals surface area contributed by atoms with E-state index in [9.17, 15) is 4.79 Å². The normalized spacial score (nSPS) is 18.1. The van der Waals surface area contributed by atoms with Gasteiger partial charge in [0.25, 0.3) is 5.91 Å². The van der Waals surface area contributed by atoms with E-state index in [-0.39, 0.29) is 12.0 Å². The van der Waals surface area contributed by atoms with E-state index < -0.39 is 0 Å². The third-order valence-corrected chi connectivity index (χ3v) is 6.53. The average Bonchev–Trinajstić information content (AvgIpc) is 3.40. The summed E-state index contributed by atoms with van der Waals surface area (Å²) >= 11 is 0. The Labute approximate surface area is 184 Å². The van der Waals surface area contributed by atoms with Crippen molar-refractivity contribution < 1.29 is 9.53 Å². The molecule has 0 radical (unpaired) electrons. The van der Waals surface area contributed by atoms with Crippen molar-refractivity contribution in [2.24, 2.45) is 0 Å². The lowest BCUT2D eigenvalue weighted by Crippen LogP contribution is -2.32. The van der Waals surface area contributed by atoms with E-state index in [0.717, 1.165) is 37.0 Å². The molecule has 1 atom stereocenters. The van der Waals surface area contributed by atoms with Crippen LogP contribution in [0.2, 0.25) is 0 Å². The zero-order chi connectivity index (χ0) is 22.0. The lowest BCUT2D eigenvalue weighted by molar-refractivity contribution is 0.0545. The number of hydrogen-bond donors (Lipinski definition) is 2. The average molecular weight is 418 g/mol. The standard InChI is InChI=1S/C26H31N3O2/c1-17-18(2)24-16-29(15-22-5-4-12-31-22)26(30)23(24)14-21(17)13-19-6-8-20(9-7-19)25(27)10-11-28-3/h6-11,14,22,27-28H,4-5,12-13,15-16H2,1-3H3/b11-10-,27-25?/t22-/m0/s1. The van der Waals surface area contributed by atoms with E-state index in [4.69, 9.17) is 10.1 Å². The lowest BCUT2D eigenvalue weighted by Gasteiger charge is -2.19. The zero-order valence-electron chi connectivity index (χ0n) is 18.6. The molecule has 2 N–H and O–H groups in total. The van der Waals surface area contributed by atoms with Gasteiger partial charge in [-0.05, 0) is 84.8 Å². The van der Waals surface area contributed by atoms with Crippen molar-refractivity contribution in [3.63, 3.8) is 0 Å². The van der Waals surface area contributed by atoms with Gasteiger partial charge in [-0.2, -0.15) is 0 Å². The monoisotopic (exact) mass is 417 g/mol. The topological polar surface area (TPSA) is 65.4 Å². The Hall–Kier alpha value is -2.92. The predicted octanol–water partition coefficient (Wildman–Crippen LogP) is 4.13. The van der Waals surface area contributed by atoms with Gasteiger partial charge in [0, 0.05) is 32.3 Å². The minimum atomic E-state index is 0.134. The molecule has 5 nitrogen and oxygen atoms in total. The summed E-state index contributed by atoms with van der Waals surface area (Å²) in [7, 11) is 1.82. The predicted molar refractivity (Wildman–Crippen MR) is 124 cm³/mol. The summed E-state index contributed by atoms with van der Waals surface area (Å²) in [6, 6.07) is 10.2. The van der Waals surface area contributed by atoms with Gasteiger partial charge in [0.05, 0.1) is 11.8 Å². The third kappa shape index (κ3) is 4.42. The summed E-state index contributed by atoms with van der Waals surface area (Å²) < 4.78 is 5.75. The number of fused-ring (bicyclic) bond motifs is 1. The maximum atomic E-state index is 13.1. The third-order valence-electron chi connectivity index (χ3n) is 6.53. The first-order valence-electron chi connectivity index (χ1n) is 11.0. The Bertz CT molecular complexity index is 1020. The summed E-state index contributed by atoms with van der Waals surface area (Å²) in [5, 5.41) is 11.0. The first-order valence-corrected chi connectivity index (χ1v) is 11.0. The second kappa shape index (κ2) is 9.06. The largest absolute Gasteiger partial charge is 0.394 e. The Morgan fingerprint density at radius 2 is 2.03 bits per heavy atom. The highest BCUT2D eigenvalue weighted by atomic mass is 16.5. The fraction of sp³-hybridized carbons (Fsp3) is 0.385. The first-order chi connectivity index (χ1) is 15.0. The quantitative estimate of drug-likeness (QED) is 0.666. The van der Waals surface area contributed by atoms with Crippen LogP contribution in [0.1, 0.15) is 56.6 Å². The summed E-state index contributed by atoms with van der Waals surface area (Å²) in [5.74, 6) is 0.134. The number of hydrogen-bond acceptors (Lipinski definition) is 4. The maximum Gasteiger partial charge on any atom is 0.254 e. The van der Waals surface area contributed by atoms with Crippen LogP contribution in [0.15, 0.2) is 42.6 Å². The molecular weight excluding hydrogens is 386 g/mol. The number of nitrogens with one attached hydrogen (secondary N) is 2. The Morgan fingerprint density at radius 3 is 2.71 bits per heavy atom. The molecule has 5 heteroatoms. The molecule has 4 rings (SSSR count). The molecule has 2 aromatic carbocycles. The molecular formula is C26H31N3O2. The number of carbonyl (C=O) groups is 1. The highest BCUT2D eigenvalue weighted by Crippen LogP contribution is 2.32. The number of nitrogens with zero attached hydrogens (tertiary/aromatic N) is 1. The summed E-state index contributed by atoms with van der Waals surface area (Å²) in [6.45, 7) is 6.49. The number of carbonyl (C=O) groups excluding carboxylic acids is 1. The molecule has 0 bridgehead atoms. The fourth-order valence-electron chi connectivity index (χ4n) is 4.52. The molecule has 2 heterocycles. The van der Waals surface area contributed by atoms with Crippen molar-refractivity contribution >= 4 is 11.6 Å².